The van der Waals surface area contributed by atoms with E-state index in [0.29, 0.717) is 25.2 Å². The van der Waals surface area contributed by atoms with Gasteiger partial charge >= 0.3 is 0 Å². The Morgan fingerprint density at radius 1 is 1.38 bits per heavy atom. The molecular formula is C12H13FO3. The summed E-state index contributed by atoms with van der Waals surface area (Å²) in [7, 11) is 0. The second kappa shape index (κ2) is 5.07. The second-order valence-corrected chi connectivity index (χ2v) is 3.73. The quantitative estimate of drug-likeness (QED) is 0.738. The number of benzene rings is 1. The van der Waals surface area contributed by atoms with Gasteiger partial charge in [-0.1, -0.05) is 0 Å². The van der Waals surface area contributed by atoms with Gasteiger partial charge in [-0.3, -0.25) is 4.79 Å². The highest BCUT2D eigenvalue weighted by molar-refractivity contribution is 5.75. The van der Waals surface area contributed by atoms with E-state index in [4.69, 9.17) is 9.47 Å². The van der Waals surface area contributed by atoms with Gasteiger partial charge in [-0.25, -0.2) is 4.39 Å². The molecule has 0 unspecified atom stereocenters. The van der Waals surface area contributed by atoms with Crippen molar-refractivity contribution in [2.75, 3.05) is 13.2 Å². The molecule has 0 atom stereocenters. The molecule has 0 radical (unpaired) electrons. The normalized spacial score (nSPS) is 17.1. The predicted octanol–water partition coefficient (Wildman–Crippen LogP) is 2.20. The maximum Gasteiger partial charge on any atom is 0.153 e. The molecule has 0 amide bonds. The van der Waals surface area contributed by atoms with Gasteiger partial charge in [-0.2, -0.15) is 0 Å². The van der Waals surface area contributed by atoms with E-state index in [1.54, 1.807) is 0 Å². The van der Waals surface area contributed by atoms with Crippen molar-refractivity contribution < 1.29 is 18.7 Å². The fourth-order valence-corrected chi connectivity index (χ4v) is 1.67. The Balaban J connectivity index is 2.05. The number of hydrogen-bond acceptors (Lipinski definition) is 3. The third-order valence-corrected chi connectivity index (χ3v) is 2.57. The maximum absolute atomic E-state index is 13.0. The largest absolute Gasteiger partial charge is 0.490 e. The number of carbonyl (C=O) groups is 1. The lowest BCUT2D eigenvalue weighted by Gasteiger charge is -2.23. The van der Waals surface area contributed by atoms with Crippen LogP contribution in [-0.4, -0.2) is 25.6 Å². The molecule has 0 aromatic heterocycles. The molecule has 3 nitrogen and oxygen atoms in total. The van der Waals surface area contributed by atoms with E-state index >= 15 is 0 Å². The van der Waals surface area contributed by atoms with Crippen LogP contribution in [0.5, 0.6) is 5.75 Å². The summed E-state index contributed by atoms with van der Waals surface area (Å²) in [6.07, 6.45) is 2.24. The van der Waals surface area contributed by atoms with Gasteiger partial charge in [0, 0.05) is 12.8 Å². The average Bonchev–Trinajstić information content (AvgIpc) is 2.33. The smallest absolute Gasteiger partial charge is 0.153 e. The molecule has 0 aliphatic carbocycles. The number of rotatable bonds is 3. The number of hydrogen-bond donors (Lipinski definition) is 0. The minimum absolute atomic E-state index is 0.0320. The maximum atomic E-state index is 13.0. The van der Waals surface area contributed by atoms with Crippen LogP contribution in [-0.2, 0) is 4.74 Å². The first kappa shape index (κ1) is 11.1. The molecule has 0 N–H and O–H groups in total. The standard InChI is InChI=1S/C12H13FO3/c13-12-2-1-11(7-9(12)8-14)16-10-3-5-15-6-4-10/h1-2,7-8,10H,3-6H2. The SMILES string of the molecule is O=Cc1cc(OC2CCOCC2)ccc1F. The molecule has 1 aromatic carbocycles. The zero-order valence-corrected chi connectivity index (χ0v) is 8.82. The van der Waals surface area contributed by atoms with E-state index in [9.17, 15) is 9.18 Å². The van der Waals surface area contributed by atoms with E-state index in [0.717, 1.165) is 12.8 Å². The molecule has 2 rings (SSSR count). The summed E-state index contributed by atoms with van der Waals surface area (Å²) in [5, 5.41) is 0. The fraction of sp³-hybridized carbons (Fsp3) is 0.417. The Labute approximate surface area is 93.2 Å². The number of ether oxygens (including phenoxy) is 2. The monoisotopic (exact) mass is 224 g/mol. The molecule has 1 aromatic rings. The molecule has 4 heteroatoms. The zero-order chi connectivity index (χ0) is 11.4. The minimum Gasteiger partial charge on any atom is -0.490 e. The van der Waals surface area contributed by atoms with Gasteiger partial charge in [0.2, 0.25) is 0 Å². The van der Waals surface area contributed by atoms with E-state index in [-0.39, 0.29) is 11.7 Å². The van der Waals surface area contributed by atoms with Crippen LogP contribution in [0.1, 0.15) is 23.2 Å². The van der Waals surface area contributed by atoms with Crippen LogP contribution >= 0.6 is 0 Å². The highest BCUT2D eigenvalue weighted by Crippen LogP contribution is 2.20. The van der Waals surface area contributed by atoms with E-state index in [1.807, 2.05) is 0 Å². The summed E-state index contributed by atoms with van der Waals surface area (Å²) in [6.45, 7) is 1.37. The molecule has 16 heavy (non-hydrogen) atoms. The molecule has 1 heterocycles. The van der Waals surface area contributed by atoms with Crippen molar-refractivity contribution in [3.05, 3.63) is 29.6 Å². The summed E-state index contributed by atoms with van der Waals surface area (Å²) < 4.78 is 23.9. The Bertz CT molecular complexity index is 373. The summed E-state index contributed by atoms with van der Waals surface area (Å²) in [5.74, 6) is 0.0183. The van der Waals surface area contributed by atoms with Crippen LogP contribution < -0.4 is 4.74 Å². The molecule has 0 bridgehead atoms. The number of aldehydes is 1. The lowest BCUT2D eigenvalue weighted by Crippen LogP contribution is -2.25. The van der Waals surface area contributed by atoms with E-state index < -0.39 is 5.82 Å². The minimum atomic E-state index is -0.519. The summed E-state index contributed by atoms with van der Waals surface area (Å²) in [5.41, 5.74) is 0.0320. The first-order valence-electron chi connectivity index (χ1n) is 5.29. The van der Waals surface area contributed by atoms with Gasteiger partial charge in [0.15, 0.2) is 6.29 Å². The van der Waals surface area contributed by atoms with Crippen LogP contribution in [0.3, 0.4) is 0 Å². The van der Waals surface area contributed by atoms with Crippen LogP contribution in [0.4, 0.5) is 4.39 Å². The number of halogens is 1. The van der Waals surface area contributed by atoms with Gasteiger partial charge in [0.1, 0.15) is 17.7 Å². The van der Waals surface area contributed by atoms with Crippen LogP contribution in [0.2, 0.25) is 0 Å². The number of carbonyl (C=O) groups excluding carboxylic acids is 1. The van der Waals surface area contributed by atoms with Crippen LogP contribution in [0.25, 0.3) is 0 Å². The van der Waals surface area contributed by atoms with Gasteiger partial charge in [0.05, 0.1) is 18.8 Å². The average molecular weight is 224 g/mol. The zero-order valence-electron chi connectivity index (χ0n) is 8.82. The first-order valence-corrected chi connectivity index (χ1v) is 5.29. The van der Waals surface area contributed by atoms with Crippen molar-refractivity contribution >= 4 is 6.29 Å². The predicted molar refractivity (Wildman–Crippen MR) is 56.3 cm³/mol. The Hall–Kier alpha value is -1.42. The highest BCUT2D eigenvalue weighted by Gasteiger charge is 2.15. The van der Waals surface area contributed by atoms with Gasteiger partial charge in [-0.05, 0) is 18.2 Å². The van der Waals surface area contributed by atoms with E-state index in [2.05, 4.69) is 0 Å². The third kappa shape index (κ3) is 2.58. The van der Waals surface area contributed by atoms with Gasteiger partial charge in [-0.15, -0.1) is 0 Å². The summed E-state index contributed by atoms with van der Waals surface area (Å²) in [6, 6.07) is 4.22. The molecule has 1 fully saturated rings. The van der Waals surface area contributed by atoms with Crippen LogP contribution in [0.15, 0.2) is 18.2 Å². The van der Waals surface area contributed by atoms with Crippen molar-refractivity contribution in [1.82, 2.24) is 0 Å². The molecule has 0 saturated carbocycles. The van der Waals surface area contributed by atoms with Crippen molar-refractivity contribution in [1.29, 1.82) is 0 Å². The Morgan fingerprint density at radius 2 is 2.12 bits per heavy atom. The van der Waals surface area contributed by atoms with Gasteiger partial charge in [0.25, 0.3) is 0 Å². The molecule has 1 aliphatic heterocycles. The Morgan fingerprint density at radius 3 is 2.81 bits per heavy atom. The lowest BCUT2D eigenvalue weighted by molar-refractivity contribution is 0.0255. The molecule has 0 spiro atoms. The fourth-order valence-electron chi connectivity index (χ4n) is 1.67. The lowest BCUT2D eigenvalue weighted by atomic mass is 10.1. The van der Waals surface area contributed by atoms with Crippen molar-refractivity contribution in [3.8, 4) is 5.75 Å². The molecule has 1 aliphatic rings. The topological polar surface area (TPSA) is 35.5 Å². The summed E-state index contributed by atoms with van der Waals surface area (Å²) >= 11 is 0. The highest BCUT2D eigenvalue weighted by atomic mass is 19.1. The molecule has 86 valence electrons. The van der Waals surface area contributed by atoms with Crippen molar-refractivity contribution in [2.45, 2.75) is 18.9 Å². The second-order valence-electron chi connectivity index (χ2n) is 3.73. The van der Waals surface area contributed by atoms with Crippen molar-refractivity contribution in [2.24, 2.45) is 0 Å². The molecular weight excluding hydrogens is 211 g/mol. The first-order chi connectivity index (χ1) is 7.79. The van der Waals surface area contributed by atoms with E-state index in [1.165, 1.54) is 18.2 Å². The van der Waals surface area contributed by atoms with Crippen LogP contribution in [0, 0.1) is 5.82 Å². The summed E-state index contributed by atoms with van der Waals surface area (Å²) in [4.78, 5) is 10.6. The Kier molecular flexibility index (Phi) is 3.51. The van der Waals surface area contributed by atoms with Crippen molar-refractivity contribution in [3.63, 3.8) is 0 Å². The third-order valence-electron chi connectivity index (χ3n) is 2.57. The van der Waals surface area contributed by atoms with Gasteiger partial charge < -0.3 is 9.47 Å². The molecule has 1 saturated heterocycles.